The topological polar surface area (TPSA) is 42.0 Å². The number of nitrogens with one attached hydrogen (secondary N) is 1. The molecule has 0 unspecified atom stereocenters. The second-order valence-electron chi connectivity index (χ2n) is 3.62. The molecule has 0 aliphatic carbocycles. The van der Waals surface area contributed by atoms with Crippen molar-refractivity contribution < 1.29 is 4.79 Å². The molecule has 1 aromatic heterocycles. The Bertz CT molecular complexity index is 304. The van der Waals surface area contributed by atoms with Gasteiger partial charge in [-0.2, -0.15) is 0 Å². The number of hydrogen-bond acceptors (Lipinski definition) is 3. The lowest BCUT2D eigenvalue weighted by Gasteiger charge is -2.20. The first-order valence-electron chi connectivity index (χ1n) is 5.04. The summed E-state index contributed by atoms with van der Waals surface area (Å²) in [5.74, 6) is 0.302. The second-order valence-corrected chi connectivity index (χ2v) is 3.62. The lowest BCUT2D eigenvalue weighted by molar-refractivity contribution is 0.0894. The molecule has 1 aromatic rings. The van der Waals surface area contributed by atoms with Crippen molar-refractivity contribution in [3.05, 3.63) is 30.1 Å². The number of pyridine rings is 1. The number of carbonyl (C=O) groups excluding carboxylic acids is 1. The summed E-state index contributed by atoms with van der Waals surface area (Å²) >= 11 is 0. The predicted molar refractivity (Wildman–Crippen MR) is 54.2 cm³/mol. The molecular weight excluding hydrogens is 176 g/mol. The Morgan fingerprint density at radius 1 is 1.50 bits per heavy atom. The third-order valence-electron chi connectivity index (χ3n) is 2.59. The Morgan fingerprint density at radius 2 is 2.43 bits per heavy atom. The van der Waals surface area contributed by atoms with Gasteiger partial charge < -0.3 is 5.32 Å². The molecule has 14 heavy (non-hydrogen) atoms. The molecule has 1 saturated heterocycles. The fraction of sp³-hybridized carbons (Fsp3) is 0.455. The minimum Gasteiger partial charge on any atom is -0.316 e. The number of Topliss-reactive ketones (excluding diaryl/α,β-unsaturated/α-hetero) is 1. The van der Waals surface area contributed by atoms with Crippen molar-refractivity contribution in [1.29, 1.82) is 0 Å². The summed E-state index contributed by atoms with van der Waals surface area (Å²) in [6.07, 6.45) is 3.75. The van der Waals surface area contributed by atoms with Crippen LogP contribution in [0.1, 0.15) is 23.3 Å². The molecule has 0 aromatic carbocycles. The lowest BCUT2D eigenvalue weighted by atomic mass is 9.93. The molecule has 1 aliphatic rings. The monoisotopic (exact) mass is 190 g/mol. The van der Waals surface area contributed by atoms with E-state index in [4.69, 9.17) is 0 Å². The SMILES string of the molecule is O=C(c1ccccn1)[C@H]1CCCNC1. The Balaban J connectivity index is 2.07. The fourth-order valence-corrected chi connectivity index (χ4v) is 1.79. The van der Waals surface area contributed by atoms with Gasteiger partial charge in [-0.05, 0) is 31.5 Å². The van der Waals surface area contributed by atoms with Gasteiger partial charge in [-0.1, -0.05) is 6.07 Å². The van der Waals surface area contributed by atoms with Crippen LogP contribution in [-0.4, -0.2) is 23.9 Å². The zero-order valence-corrected chi connectivity index (χ0v) is 8.07. The van der Waals surface area contributed by atoms with Crippen LogP contribution in [0.5, 0.6) is 0 Å². The summed E-state index contributed by atoms with van der Waals surface area (Å²) in [5, 5.41) is 3.24. The maximum atomic E-state index is 11.9. The third-order valence-corrected chi connectivity index (χ3v) is 2.59. The molecule has 1 fully saturated rings. The van der Waals surface area contributed by atoms with Crippen molar-refractivity contribution in [3.63, 3.8) is 0 Å². The summed E-state index contributed by atoms with van der Waals surface area (Å²) in [6.45, 7) is 1.83. The summed E-state index contributed by atoms with van der Waals surface area (Å²) in [6, 6.07) is 5.48. The van der Waals surface area contributed by atoms with Gasteiger partial charge in [0.2, 0.25) is 0 Å². The Kier molecular flexibility index (Phi) is 2.89. The highest BCUT2D eigenvalue weighted by Crippen LogP contribution is 2.14. The maximum Gasteiger partial charge on any atom is 0.185 e. The molecule has 0 amide bonds. The van der Waals surface area contributed by atoms with Gasteiger partial charge in [0.15, 0.2) is 5.78 Å². The van der Waals surface area contributed by atoms with Gasteiger partial charge in [0, 0.05) is 18.7 Å². The van der Waals surface area contributed by atoms with Gasteiger partial charge in [-0.3, -0.25) is 9.78 Å². The maximum absolute atomic E-state index is 11.9. The zero-order chi connectivity index (χ0) is 9.80. The number of carbonyl (C=O) groups is 1. The minimum absolute atomic E-state index is 0.124. The molecule has 3 nitrogen and oxygen atoms in total. The van der Waals surface area contributed by atoms with Crippen LogP contribution < -0.4 is 5.32 Å². The molecule has 1 N–H and O–H groups in total. The van der Waals surface area contributed by atoms with Crippen LogP contribution in [0.4, 0.5) is 0 Å². The number of ketones is 1. The molecule has 0 saturated carbocycles. The van der Waals surface area contributed by atoms with Crippen LogP contribution in [-0.2, 0) is 0 Å². The van der Waals surface area contributed by atoms with Crippen LogP contribution in [0.15, 0.2) is 24.4 Å². The molecule has 2 rings (SSSR count). The lowest BCUT2D eigenvalue weighted by Crippen LogP contribution is -2.34. The van der Waals surface area contributed by atoms with E-state index in [1.165, 1.54) is 0 Å². The summed E-state index contributed by atoms with van der Waals surface area (Å²) in [5.41, 5.74) is 0.598. The van der Waals surface area contributed by atoms with Gasteiger partial charge in [-0.25, -0.2) is 0 Å². The van der Waals surface area contributed by atoms with Crippen LogP contribution >= 0.6 is 0 Å². The number of hydrogen-bond donors (Lipinski definition) is 1. The quantitative estimate of drug-likeness (QED) is 0.714. The fourth-order valence-electron chi connectivity index (χ4n) is 1.79. The first-order valence-corrected chi connectivity index (χ1v) is 5.04. The van der Waals surface area contributed by atoms with Crippen molar-refractivity contribution >= 4 is 5.78 Å². The van der Waals surface area contributed by atoms with Crippen molar-refractivity contribution in [2.45, 2.75) is 12.8 Å². The minimum atomic E-state index is 0.124. The van der Waals surface area contributed by atoms with E-state index in [1.807, 2.05) is 12.1 Å². The number of piperidine rings is 1. The van der Waals surface area contributed by atoms with Gasteiger partial charge in [-0.15, -0.1) is 0 Å². The molecule has 1 aliphatic heterocycles. The Morgan fingerprint density at radius 3 is 3.07 bits per heavy atom. The third kappa shape index (κ3) is 1.99. The van der Waals surface area contributed by atoms with E-state index in [9.17, 15) is 4.79 Å². The first-order chi connectivity index (χ1) is 6.88. The van der Waals surface area contributed by atoms with E-state index in [2.05, 4.69) is 10.3 Å². The molecule has 0 spiro atoms. The number of aromatic nitrogens is 1. The molecule has 2 heterocycles. The van der Waals surface area contributed by atoms with Crippen LogP contribution in [0.25, 0.3) is 0 Å². The first kappa shape index (κ1) is 9.34. The zero-order valence-electron chi connectivity index (χ0n) is 8.07. The van der Waals surface area contributed by atoms with E-state index in [0.29, 0.717) is 5.69 Å². The summed E-state index contributed by atoms with van der Waals surface area (Å²) < 4.78 is 0. The van der Waals surface area contributed by atoms with E-state index in [-0.39, 0.29) is 11.7 Å². The normalized spacial score (nSPS) is 21.9. The standard InChI is InChI=1S/C11H14N2O/c14-11(9-4-3-6-12-8-9)10-5-1-2-7-13-10/h1-2,5,7,9,12H,3-4,6,8H2/t9-/m0/s1. The van der Waals surface area contributed by atoms with Crippen molar-refractivity contribution in [2.24, 2.45) is 5.92 Å². The van der Waals surface area contributed by atoms with Crippen LogP contribution in [0.3, 0.4) is 0 Å². The van der Waals surface area contributed by atoms with Crippen LogP contribution in [0, 0.1) is 5.92 Å². The van der Waals surface area contributed by atoms with E-state index >= 15 is 0 Å². The molecule has 1 atom stereocenters. The average Bonchev–Trinajstić information content (AvgIpc) is 2.30. The van der Waals surface area contributed by atoms with Gasteiger partial charge in [0.05, 0.1) is 0 Å². The highest BCUT2D eigenvalue weighted by atomic mass is 16.1. The Hall–Kier alpha value is -1.22. The number of rotatable bonds is 2. The average molecular weight is 190 g/mol. The van der Waals surface area contributed by atoms with Crippen molar-refractivity contribution in [2.75, 3.05) is 13.1 Å². The van der Waals surface area contributed by atoms with E-state index in [0.717, 1.165) is 25.9 Å². The highest BCUT2D eigenvalue weighted by Gasteiger charge is 2.22. The summed E-state index contributed by atoms with van der Waals surface area (Å²) in [4.78, 5) is 16.0. The smallest absolute Gasteiger partial charge is 0.185 e. The number of nitrogens with zero attached hydrogens (tertiary/aromatic N) is 1. The molecule has 0 bridgehead atoms. The van der Waals surface area contributed by atoms with Crippen molar-refractivity contribution in [3.8, 4) is 0 Å². The highest BCUT2D eigenvalue weighted by molar-refractivity contribution is 5.96. The largest absolute Gasteiger partial charge is 0.316 e. The molecular formula is C11H14N2O. The van der Waals surface area contributed by atoms with E-state index in [1.54, 1.807) is 12.3 Å². The van der Waals surface area contributed by atoms with Gasteiger partial charge in [0.25, 0.3) is 0 Å². The summed E-state index contributed by atoms with van der Waals surface area (Å²) in [7, 11) is 0. The molecule has 0 radical (unpaired) electrons. The van der Waals surface area contributed by atoms with E-state index < -0.39 is 0 Å². The molecule has 74 valence electrons. The predicted octanol–water partition coefficient (Wildman–Crippen LogP) is 1.26. The van der Waals surface area contributed by atoms with Gasteiger partial charge in [0.1, 0.15) is 5.69 Å². The van der Waals surface area contributed by atoms with Crippen molar-refractivity contribution in [1.82, 2.24) is 10.3 Å². The second kappa shape index (κ2) is 4.33. The van der Waals surface area contributed by atoms with Crippen LogP contribution in [0.2, 0.25) is 0 Å². The molecule has 3 heteroatoms. The van der Waals surface area contributed by atoms with Gasteiger partial charge >= 0.3 is 0 Å². The Labute approximate surface area is 83.5 Å².